The second kappa shape index (κ2) is 8.67. The van der Waals surface area contributed by atoms with Crippen molar-refractivity contribution in [1.82, 2.24) is 19.8 Å². The van der Waals surface area contributed by atoms with Gasteiger partial charge in [0.25, 0.3) is 5.56 Å². The Morgan fingerprint density at radius 1 is 1.18 bits per heavy atom. The number of fused-ring (bicyclic) bond motifs is 1. The molecule has 1 amide bonds. The van der Waals surface area contributed by atoms with Gasteiger partial charge in [0.15, 0.2) is 0 Å². The van der Waals surface area contributed by atoms with Crippen LogP contribution in [0.2, 0.25) is 0 Å². The zero-order valence-corrected chi connectivity index (χ0v) is 16.5. The summed E-state index contributed by atoms with van der Waals surface area (Å²) in [6, 6.07) is 12.3. The number of amides is 1. The Morgan fingerprint density at radius 2 is 1.96 bits per heavy atom. The Balaban J connectivity index is 1.37. The summed E-state index contributed by atoms with van der Waals surface area (Å²) in [6.45, 7) is 3.05. The minimum Gasteiger partial charge on any atom is -0.354 e. The molecule has 0 aliphatic carbocycles. The van der Waals surface area contributed by atoms with Crippen molar-refractivity contribution in [2.45, 2.75) is 31.8 Å². The molecule has 1 saturated heterocycles. The molecule has 0 unspecified atom stereocenters. The summed E-state index contributed by atoms with van der Waals surface area (Å²) in [6.07, 6.45) is 4.21. The molecule has 1 fully saturated rings. The van der Waals surface area contributed by atoms with Gasteiger partial charge in [0, 0.05) is 19.5 Å². The number of hydrogen-bond acceptors (Lipinski definition) is 5. The third-order valence-electron chi connectivity index (χ3n) is 5.29. The molecule has 3 aromatic rings. The van der Waals surface area contributed by atoms with E-state index in [0.29, 0.717) is 18.5 Å². The van der Waals surface area contributed by atoms with E-state index in [4.69, 9.17) is 0 Å². The van der Waals surface area contributed by atoms with Crippen molar-refractivity contribution >= 4 is 27.5 Å². The third kappa shape index (κ3) is 4.15. The number of carbonyl (C=O) groups excluding carboxylic acids is 1. The summed E-state index contributed by atoms with van der Waals surface area (Å²) in [5, 5.41) is 5.54. The average Bonchev–Trinajstić information content (AvgIpc) is 3.41. The second-order valence-electron chi connectivity index (χ2n) is 7.11. The zero-order chi connectivity index (χ0) is 19.3. The number of hydrogen-bond donors (Lipinski definition) is 1. The number of nitrogens with one attached hydrogen (secondary N) is 1. The molecule has 3 heterocycles. The highest BCUT2D eigenvalue weighted by molar-refractivity contribution is 7.16. The SMILES string of the molecule is O=C(CCn1cnc2sccc2c1=O)NC[C@@H](c1ccccc1)N1CCCC1. The molecule has 28 heavy (non-hydrogen) atoms. The van der Waals surface area contributed by atoms with Crippen LogP contribution >= 0.6 is 11.3 Å². The first kappa shape index (κ1) is 18.8. The first-order valence-corrected chi connectivity index (χ1v) is 10.6. The summed E-state index contributed by atoms with van der Waals surface area (Å²) >= 11 is 1.45. The molecule has 1 N–H and O–H groups in total. The summed E-state index contributed by atoms with van der Waals surface area (Å²) < 4.78 is 1.52. The number of carbonyl (C=O) groups is 1. The first-order valence-electron chi connectivity index (χ1n) is 9.71. The summed E-state index contributed by atoms with van der Waals surface area (Å²) in [4.78, 5) is 32.3. The van der Waals surface area contributed by atoms with Crippen LogP contribution in [0.3, 0.4) is 0 Å². The Hall–Kier alpha value is -2.51. The van der Waals surface area contributed by atoms with Crippen LogP contribution in [0.1, 0.15) is 30.9 Å². The fourth-order valence-corrected chi connectivity index (χ4v) is 4.48. The smallest absolute Gasteiger partial charge is 0.262 e. The second-order valence-corrected chi connectivity index (χ2v) is 8.00. The van der Waals surface area contributed by atoms with E-state index in [1.165, 1.54) is 40.6 Å². The molecule has 4 rings (SSSR count). The maximum absolute atomic E-state index is 12.4. The molecule has 1 aromatic carbocycles. The van der Waals surface area contributed by atoms with Gasteiger partial charge >= 0.3 is 0 Å². The maximum atomic E-state index is 12.4. The van der Waals surface area contributed by atoms with Crippen molar-refractivity contribution in [3.05, 3.63) is 64.0 Å². The van der Waals surface area contributed by atoms with E-state index < -0.39 is 0 Å². The van der Waals surface area contributed by atoms with E-state index in [1.54, 1.807) is 6.07 Å². The van der Waals surface area contributed by atoms with E-state index in [-0.39, 0.29) is 23.9 Å². The lowest BCUT2D eigenvalue weighted by atomic mass is 10.1. The van der Waals surface area contributed by atoms with Gasteiger partial charge in [0.05, 0.1) is 17.8 Å². The van der Waals surface area contributed by atoms with Crippen molar-refractivity contribution < 1.29 is 4.79 Å². The lowest BCUT2D eigenvalue weighted by Gasteiger charge is -2.28. The molecular weight excluding hydrogens is 372 g/mol. The van der Waals surface area contributed by atoms with Gasteiger partial charge in [-0.15, -0.1) is 11.3 Å². The van der Waals surface area contributed by atoms with Crippen molar-refractivity contribution in [2.75, 3.05) is 19.6 Å². The van der Waals surface area contributed by atoms with E-state index >= 15 is 0 Å². The Bertz CT molecular complexity index is 992. The largest absolute Gasteiger partial charge is 0.354 e. The van der Waals surface area contributed by atoms with Gasteiger partial charge in [-0.1, -0.05) is 30.3 Å². The molecule has 1 aliphatic heterocycles. The van der Waals surface area contributed by atoms with Crippen molar-refractivity contribution in [2.24, 2.45) is 0 Å². The molecule has 146 valence electrons. The van der Waals surface area contributed by atoms with Crippen molar-refractivity contribution in [3.8, 4) is 0 Å². The molecule has 0 saturated carbocycles. The molecule has 6 nitrogen and oxygen atoms in total. The predicted molar refractivity (Wildman–Crippen MR) is 111 cm³/mol. The van der Waals surface area contributed by atoms with Crippen LogP contribution in [0.4, 0.5) is 0 Å². The van der Waals surface area contributed by atoms with Crippen LogP contribution < -0.4 is 10.9 Å². The van der Waals surface area contributed by atoms with Gasteiger partial charge in [0.1, 0.15) is 4.83 Å². The van der Waals surface area contributed by atoms with Gasteiger partial charge in [0.2, 0.25) is 5.91 Å². The third-order valence-corrected chi connectivity index (χ3v) is 6.11. The molecule has 1 atom stereocenters. The first-order chi connectivity index (χ1) is 13.7. The van der Waals surface area contributed by atoms with E-state index in [2.05, 4.69) is 27.3 Å². The topological polar surface area (TPSA) is 67.2 Å². The molecule has 2 aromatic heterocycles. The maximum Gasteiger partial charge on any atom is 0.262 e. The van der Waals surface area contributed by atoms with Crippen LogP contribution in [-0.4, -0.2) is 40.0 Å². The van der Waals surface area contributed by atoms with Crippen LogP contribution in [-0.2, 0) is 11.3 Å². The average molecular weight is 397 g/mol. The lowest BCUT2D eigenvalue weighted by molar-refractivity contribution is -0.121. The Morgan fingerprint density at radius 3 is 2.75 bits per heavy atom. The highest BCUT2D eigenvalue weighted by Crippen LogP contribution is 2.24. The van der Waals surface area contributed by atoms with Gasteiger partial charge < -0.3 is 5.32 Å². The summed E-state index contributed by atoms with van der Waals surface area (Å²) in [7, 11) is 0. The fourth-order valence-electron chi connectivity index (χ4n) is 3.76. The zero-order valence-electron chi connectivity index (χ0n) is 15.7. The number of nitrogens with zero attached hydrogens (tertiary/aromatic N) is 3. The normalized spacial score (nSPS) is 15.7. The van der Waals surface area contributed by atoms with Crippen LogP contribution in [0.5, 0.6) is 0 Å². The monoisotopic (exact) mass is 396 g/mol. The summed E-state index contributed by atoms with van der Waals surface area (Å²) in [5.41, 5.74) is 1.14. The van der Waals surface area contributed by atoms with Crippen molar-refractivity contribution in [3.63, 3.8) is 0 Å². The van der Waals surface area contributed by atoms with Crippen LogP contribution in [0, 0.1) is 0 Å². The number of benzene rings is 1. The standard InChI is InChI=1S/C21H24N4O2S/c26-19(8-12-25-15-23-20-17(21(25)27)9-13-28-20)22-14-18(24-10-4-5-11-24)16-6-2-1-3-7-16/h1-3,6-7,9,13,15,18H,4-5,8,10-12,14H2,(H,22,26)/t18-/m0/s1. The molecule has 1 aliphatic rings. The Labute approximate surface area is 167 Å². The highest BCUT2D eigenvalue weighted by Gasteiger charge is 2.23. The Kier molecular flexibility index (Phi) is 5.83. The van der Waals surface area contributed by atoms with Crippen LogP contribution in [0.25, 0.3) is 10.2 Å². The highest BCUT2D eigenvalue weighted by atomic mass is 32.1. The van der Waals surface area contributed by atoms with E-state index in [1.807, 2.05) is 23.6 Å². The number of aryl methyl sites for hydroxylation is 1. The lowest BCUT2D eigenvalue weighted by Crippen LogP contribution is -2.37. The predicted octanol–water partition coefficient (Wildman–Crippen LogP) is 2.80. The quantitative estimate of drug-likeness (QED) is 0.667. The van der Waals surface area contributed by atoms with Gasteiger partial charge in [-0.2, -0.15) is 0 Å². The van der Waals surface area contributed by atoms with Gasteiger partial charge in [-0.3, -0.25) is 19.1 Å². The van der Waals surface area contributed by atoms with E-state index in [0.717, 1.165) is 17.9 Å². The molecule has 0 bridgehead atoms. The number of aromatic nitrogens is 2. The van der Waals surface area contributed by atoms with Crippen molar-refractivity contribution in [1.29, 1.82) is 0 Å². The summed E-state index contributed by atoms with van der Waals surface area (Å²) in [5.74, 6) is -0.0440. The molecule has 7 heteroatoms. The van der Waals surface area contributed by atoms with Gasteiger partial charge in [-0.25, -0.2) is 4.98 Å². The van der Waals surface area contributed by atoms with Crippen LogP contribution in [0.15, 0.2) is 52.9 Å². The van der Waals surface area contributed by atoms with Gasteiger partial charge in [-0.05, 0) is 42.9 Å². The molecular formula is C21H24N4O2S. The number of likely N-dealkylation sites (tertiary alicyclic amines) is 1. The molecule has 0 spiro atoms. The van der Waals surface area contributed by atoms with E-state index in [9.17, 15) is 9.59 Å². The minimum atomic E-state index is -0.0849. The minimum absolute atomic E-state index is 0.0440. The fraction of sp³-hybridized carbons (Fsp3) is 0.381. The molecule has 0 radical (unpaired) electrons. The number of thiophene rings is 1. The number of rotatable bonds is 7.